The van der Waals surface area contributed by atoms with E-state index in [9.17, 15) is 5.26 Å². The number of hydrogen-bond donors (Lipinski definition) is 0. The zero-order chi connectivity index (χ0) is 26.4. The second-order valence-corrected chi connectivity index (χ2v) is 10.5. The second kappa shape index (κ2) is 9.01. The van der Waals surface area contributed by atoms with Crippen molar-refractivity contribution in [2.45, 2.75) is 26.2 Å². The Hall–Kier alpha value is -4.68. The maximum atomic E-state index is 10.1. The van der Waals surface area contributed by atoms with Gasteiger partial charge >= 0.3 is 0 Å². The first-order valence-electron chi connectivity index (χ1n) is 12.9. The number of nitriles is 1. The number of benzene rings is 4. The summed E-state index contributed by atoms with van der Waals surface area (Å²) >= 11 is 0. The van der Waals surface area contributed by atoms with Crippen molar-refractivity contribution in [1.82, 2.24) is 0 Å². The summed E-state index contributed by atoms with van der Waals surface area (Å²) in [6, 6.07) is 35.9. The van der Waals surface area contributed by atoms with E-state index in [1.807, 2.05) is 43.6 Å². The van der Waals surface area contributed by atoms with Crippen molar-refractivity contribution in [3.8, 4) is 28.5 Å². The highest BCUT2D eigenvalue weighted by atomic mass is 16.3. The van der Waals surface area contributed by atoms with Gasteiger partial charge in [0.15, 0.2) is 6.20 Å². The molecule has 3 nitrogen and oxygen atoms in total. The van der Waals surface area contributed by atoms with Crippen LogP contribution in [-0.2, 0) is 12.5 Å². The van der Waals surface area contributed by atoms with Gasteiger partial charge in [-0.1, -0.05) is 80.6 Å². The Kier molecular flexibility index (Phi) is 5.62. The molecule has 0 N–H and O–H groups in total. The molecule has 0 radical (unpaired) electrons. The van der Waals surface area contributed by atoms with Crippen LogP contribution in [0.15, 0.2) is 108 Å². The highest BCUT2D eigenvalue weighted by Gasteiger charge is 2.25. The average Bonchev–Trinajstić information content (AvgIpc) is 3.32. The summed E-state index contributed by atoms with van der Waals surface area (Å²) in [6.45, 7) is 6.60. The monoisotopic (exact) mass is 493 g/mol. The minimum absolute atomic E-state index is 0.138. The number of rotatable bonds is 4. The van der Waals surface area contributed by atoms with Crippen LogP contribution in [0.2, 0.25) is 0 Å². The van der Waals surface area contributed by atoms with Crippen LogP contribution in [0.3, 0.4) is 0 Å². The molecule has 2 heterocycles. The third-order valence-electron chi connectivity index (χ3n) is 7.84. The number of fused-ring (bicyclic) bond motifs is 3. The number of aryl methyl sites for hydroxylation is 2. The van der Waals surface area contributed by atoms with Gasteiger partial charge in [0.05, 0.1) is 17.2 Å². The van der Waals surface area contributed by atoms with Crippen LogP contribution in [-0.4, -0.2) is 0 Å². The van der Waals surface area contributed by atoms with Gasteiger partial charge in [-0.2, -0.15) is 5.26 Å². The Bertz CT molecular complexity index is 1850. The van der Waals surface area contributed by atoms with E-state index in [0.29, 0.717) is 5.56 Å². The lowest BCUT2D eigenvalue weighted by molar-refractivity contribution is -0.660. The Balaban J connectivity index is 1.56. The fourth-order valence-corrected chi connectivity index (χ4v) is 5.56. The van der Waals surface area contributed by atoms with Crippen LogP contribution in [0.1, 0.15) is 36.1 Å². The zero-order valence-corrected chi connectivity index (χ0v) is 22.1. The van der Waals surface area contributed by atoms with E-state index in [0.717, 1.165) is 49.9 Å². The molecule has 3 heteroatoms. The predicted molar refractivity (Wildman–Crippen MR) is 154 cm³/mol. The lowest BCUT2D eigenvalue weighted by Gasteiger charge is -2.26. The van der Waals surface area contributed by atoms with E-state index in [2.05, 4.69) is 98.1 Å². The molecule has 0 amide bonds. The predicted octanol–water partition coefficient (Wildman–Crippen LogP) is 8.25. The molecule has 0 bridgehead atoms. The Morgan fingerprint density at radius 3 is 2.03 bits per heavy atom. The van der Waals surface area contributed by atoms with E-state index in [-0.39, 0.29) is 5.41 Å². The molecule has 0 atom stereocenters. The largest absolute Gasteiger partial charge is 0.454 e. The first-order valence-corrected chi connectivity index (χ1v) is 12.9. The van der Waals surface area contributed by atoms with Crippen LogP contribution in [0.25, 0.3) is 44.3 Å². The summed E-state index contributed by atoms with van der Waals surface area (Å²) in [5.74, 6) is 0. The van der Waals surface area contributed by atoms with E-state index in [1.165, 1.54) is 11.1 Å². The molecule has 0 unspecified atom stereocenters. The Morgan fingerprint density at radius 1 is 0.711 bits per heavy atom. The lowest BCUT2D eigenvalue weighted by atomic mass is 9.78. The van der Waals surface area contributed by atoms with Gasteiger partial charge in [0, 0.05) is 33.9 Å². The van der Waals surface area contributed by atoms with Crippen molar-refractivity contribution in [3.63, 3.8) is 0 Å². The van der Waals surface area contributed by atoms with E-state index >= 15 is 0 Å². The Morgan fingerprint density at radius 2 is 1.34 bits per heavy atom. The highest BCUT2D eigenvalue weighted by molar-refractivity contribution is 6.14. The van der Waals surface area contributed by atoms with Crippen molar-refractivity contribution in [3.05, 3.63) is 126 Å². The first-order chi connectivity index (χ1) is 18.4. The molecule has 0 aliphatic rings. The van der Waals surface area contributed by atoms with Crippen LogP contribution in [0, 0.1) is 18.3 Å². The summed E-state index contributed by atoms with van der Waals surface area (Å²) in [7, 11) is 2.05. The quantitative estimate of drug-likeness (QED) is 0.232. The maximum Gasteiger partial charge on any atom is 0.216 e. The summed E-state index contributed by atoms with van der Waals surface area (Å²) in [5.41, 5.74) is 9.67. The van der Waals surface area contributed by atoms with Crippen LogP contribution >= 0.6 is 0 Å². The van der Waals surface area contributed by atoms with Crippen molar-refractivity contribution < 1.29 is 8.98 Å². The normalized spacial score (nSPS) is 11.7. The maximum absolute atomic E-state index is 10.1. The number of nitrogens with zero attached hydrogens (tertiary/aromatic N) is 2. The van der Waals surface area contributed by atoms with Crippen LogP contribution in [0.5, 0.6) is 0 Å². The molecular formula is C35H29N2O+. The Labute approximate surface area is 223 Å². The summed E-state index contributed by atoms with van der Waals surface area (Å²) < 4.78 is 8.82. The van der Waals surface area contributed by atoms with E-state index in [4.69, 9.17) is 4.42 Å². The van der Waals surface area contributed by atoms with Crippen LogP contribution in [0.4, 0.5) is 0 Å². The fraction of sp³-hybridized carbons (Fsp3) is 0.143. The number of pyridine rings is 1. The molecule has 0 aliphatic carbocycles. The van der Waals surface area contributed by atoms with Gasteiger partial charge in [0.25, 0.3) is 0 Å². The topological polar surface area (TPSA) is 40.8 Å². The van der Waals surface area contributed by atoms with E-state index < -0.39 is 0 Å². The summed E-state index contributed by atoms with van der Waals surface area (Å²) in [4.78, 5) is 0. The van der Waals surface area contributed by atoms with Gasteiger partial charge in [-0.05, 0) is 47.4 Å². The molecular weight excluding hydrogens is 464 g/mol. The minimum Gasteiger partial charge on any atom is -0.454 e. The summed E-state index contributed by atoms with van der Waals surface area (Å²) in [6.07, 6.45) is 2.05. The van der Waals surface area contributed by atoms with Crippen LogP contribution < -0.4 is 4.57 Å². The summed E-state index contributed by atoms with van der Waals surface area (Å²) in [5, 5.41) is 12.1. The van der Waals surface area contributed by atoms with Gasteiger partial charge in [0.2, 0.25) is 5.69 Å². The third kappa shape index (κ3) is 3.69. The minimum atomic E-state index is -0.138. The molecule has 0 spiro atoms. The molecule has 6 rings (SSSR count). The van der Waals surface area contributed by atoms with Crippen molar-refractivity contribution >= 4 is 21.9 Å². The van der Waals surface area contributed by atoms with Gasteiger partial charge in [-0.25, -0.2) is 4.57 Å². The molecule has 184 valence electrons. The number of aromatic nitrogens is 1. The first kappa shape index (κ1) is 23.7. The van der Waals surface area contributed by atoms with Gasteiger partial charge < -0.3 is 4.42 Å². The van der Waals surface area contributed by atoms with Crippen molar-refractivity contribution in [1.29, 1.82) is 5.26 Å². The number of furan rings is 1. The van der Waals surface area contributed by atoms with Crippen molar-refractivity contribution in [2.24, 2.45) is 7.05 Å². The number of hydrogen-bond acceptors (Lipinski definition) is 2. The molecule has 6 aromatic rings. The average molecular weight is 494 g/mol. The zero-order valence-electron chi connectivity index (χ0n) is 22.1. The van der Waals surface area contributed by atoms with Gasteiger partial charge in [-0.15, -0.1) is 0 Å². The SMILES string of the molecule is Cc1ccc2c(oc3c(-c4ccc(C(C)(C)c5ccccc5)cc4)c(C#N)ccc32)c1-c1cccc[n+]1C. The smallest absolute Gasteiger partial charge is 0.216 e. The third-order valence-corrected chi connectivity index (χ3v) is 7.84. The fourth-order valence-electron chi connectivity index (χ4n) is 5.56. The molecule has 0 saturated carbocycles. The molecule has 0 aliphatic heterocycles. The highest BCUT2D eigenvalue weighted by Crippen LogP contribution is 2.42. The van der Waals surface area contributed by atoms with Gasteiger partial charge in [0.1, 0.15) is 18.2 Å². The molecule has 0 fully saturated rings. The second-order valence-electron chi connectivity index (χ2n) is 10.5. The molecule has 0 saturated heterocycles. The molecule has 38 heavy (non-hydrogen) atoms. The van der Waals surface area contributed by atoms with Crippen molar-refractivity contribution in [2.75, 3.05) is 0 Å². The van der Waals surface area contributed by atoms with Gasteiger partial charge in [-0.3, -0.25) is 0 Å². The molecule has 2 aromatic heterocycles. The molecule has 4 aromatic carbocycles. The van der Waals surface area contributed by atoms with E-state index in [1.54, 1.807) is 0 Å². The lowest BCUT2D eigenvalue weighted by Crippen LogP contribution is -2.30. The standard InChI is InChI=1S/C35H29N2O/c1-23-13-19-28-29-20-16-25(22-36)32(34(29)38-33(28)31(23)30-12-8-9-21-37(30)4)24-14-17-27(18-15-24)35(2,3)26-10-6-5-7-11-26/h5-21H,1-4H3/q+1.